The molecule has 0 aromatic heterocycles. The molecule has 0 aliphatic carbocycles. The minimum absolute atomic E-state index is 0.156. The van der Waals surface area contributed by atoms with Gasteiger partial charge in [-0.05, 0) is 25.8 Å². The van der Waals surface area contributed by atoms with Crippen molar-refractivity contribution in [3.63, 3.8) is 0 Å². The number of aliphatic hydroxyl groups is 1. The second kappa shape index (κ2) is 9.47. The molecule has 1 aliphatic rings. The van der Waals surface area contributed by atoms with Gasteiger partial charge in [0.25, 0.3) is 0 Å². The Kier molecular flexibility index (Phi) is 7.78. The van der Waals surface area contributed by atoms with E-state index >= 15 is 0 Å². The molecule has 5 atom stereocenters. The largest absolute Gasteiger partial charge is 0.505 e. The van der Waals surface area contributed by atoms with E-state index in [0.29, 0.717) is 6.61 Å². The van der Waals surface area contributed by atoms with Gasteiger partial charge in [0.1, 0.15) is 22.8 Å². The molecule has 3 N–H and O–H groups in total. The van der Waals surface area contributed by atoms with Gasteiger partial charge in [-0.2, -0.15) is 0 Å². The number of methoxy groups -OCH3 is 1. The van der Waals surface area contributed by atoms with Gasteiger partial charge in [0.05, 0.1) is 11.1 Å². The highest BCUT2D eigenvalue weighted by Gasteiger charge is 2.47. The van der Waals surface area contributed by atoms with E-state index in [2.05, 4.69) is 0 Å². The fourth-order valence-electron chi connectivity index (χ4n) is 3.15. The van der Waals surface area contributed by atoms with Gasteiger partial charge in [-0.25, -0.2) is 4.79 Å². The highest BCUT2D eigenvalue weighted by Crippen LogP contribution is 2.45. The van der Waals surface area contributed by atoms with E-state index in [1.807, 2.05) is 0 Å². The van der Waals surface area contributed by atoms with Crippen LogP contribution in [0.4, 0.5) is 0 Å². The average Bonchev–Trinajstić information content (AvgIpc) is 2.66. The molecule has 0 radical (unpaired) electrons. The third-order valence-electron chi connectivity index (χ3n) is 4.58. The van der Waals surface area contributed by atoms with Crippen LogP contribution in [0.3, 0.4) is 0 Å². The quantitative estimate of drug-likeness (QED) is 0.580. The maximum atomic E-state index is 12.8. The van der Waals surface area contributed by atoms with Crippen molar-refractivity contribution in [2.75, 3.05) is 13.7 Å². The van der Waals surface area contributed by atoms with E-state index in [1.165, 1.54) is 7.11 Å². The highest BCUT2D eigenvalue weighted by molar-refractivity contribution is 6.39. The first-order valence-electron chi connectivity index (χ1n) is 8.80. The second-order valence-corrected chi connectivity index (χ2v) is 7.01. The van der Waals surface area contributed by atoms with Crippen LogP contribution < -0.4 is 0 Å². The van der Waals surface area contributed by atoms with Crippen LogP contribution in [-0.2, 0) is 25.4 Å². The first kappa shape index (κ1) is 23.0. The summed E-state index contributed by atoms with van der Waals surface area (Å²) in [4.78, 5) is 12.8. The lowest BCUT2D eigenvalue weighted by molar-refractivity contribution is -0.296. The van der Waals surface area contributed by atoms with E-state index in [-0.39, 0.29) is 22.6 Å². The van der Waals surface area contributed by atoms with E-state index in [1.54, 1.807) is 20.8 Å². The van der Waals surface area contributed by atoms with Gasteiger partial charge in [-0.3, -0.25) is 0 Å². The molecule has 0 bridgehead atoms. The van der Waals surface area contributed by atoms with Gasteiger partial charge in [0.15, 0.2) is 23.9 Å². The molecule has 28 heavy (non-hydrogen) atoms. The predicted octanol–water partition coefficient (Wildman–Crippen LogP) is 2.65. The molecular weight excluding hydrogens is 415 g/mol. The van der Waals surface area contributed by atoms with Gasteiger partial charge in [0, 0.05) is 13.7 Å². The number of rotatable bonds is 6. The van der Waals surface area contributed by atoms with Crippen molar-refractivity contribution in [3.05, 3.63) is 21.2 Å². The maximum Gasteiger partial charge on any atom is 0.342 e. The zero-order valence-corrected chi connectivity index (χ0v) is 17.5. The minimum atomic E-state index is -1.25. The number of carbonyl (C=O) groups is 1. The molecule has 2 rings (SSSR count). The van der Waals surface area contributed by atoms with Crippen LogP contribution in [0.1, 0.15) is 36.7 Å². The van der Waals surface area contributed by atoms with Gasteiger partial charge in [-0.15, -0.1) is 0 Å². The van der Waals surface area contributed by atoms with Crippen molar-refractivity contribution in [2.45, 2.75) is 57.9 Å². The summed E-state index contributed by atoms with van der Waals surface area (Å²) in [6, 6.07) is 0. The smallest absolute Gasteiger partial charge is 0.342 e. The van der Waals surface area contributed by atoms with Crippen molar-refractivity contribution in [3.8, 4) is 11.5 Å². The molecule has 0 spiro atoms. The summed E-state index contributed by atoms with van der Waals surface area (Å²) < 4.78 is 21.7. The molecular formula is C18H24Cl2O8. The van der Waals surface area contributed by atoms with Crippen LogP contribution in [0.15, 0.2) is 0 Å². The number of esters is 1. The number of aliphatic hydroxyl groups excluding tert-OH is 1. The number of hydrogen-bond donors (Lipinski definition) is 3. The molecule has 1 aromatic rings. The van der Waals surface area contributed by atoms with Crippen LogP contribution >= 0.6 is 23.2 Å². The summed E-state index contributed by atoms with van der Waals surface area (Å²) in [5.41, 5.74) is -0.115. The van der Waals surface area contributed by atoms with Crippen LogP contribution in [0, 0.1) is 0 Å². The van der Waals surface area contributed by atoms with Crippen LogP contribution in [0.5, 0.6) is 11.5 Å². The van der Waals surface area contributed by atoms with Gasteiger partial charge in [0.2, 0.25) is 0 Å². The maximum absolute atomic E-state index is 12.8. The normalized spacial score (nSPS) is 27.6. The van der Waals surface area contributed by atoms with Crippen molar-refractivity contribution < 1.29 is 39.1 Å². The number of hydrogen-bond acceptors (Lipinski definition) is 8. The summed E-state index contributed by atoms with van der Waals surface area (Å²) >= 11 is 11.9. The lowest BCUT2D eigenvalue weighted by Crippen LogP contribution is -2.59. The number of ether oxygens (including phenoxy) is 4. The van der Waals surface area contributed by atoms with Crippen molar-refractivity contribution >= 4 is 29.2 Å². The Balaban J connectivity index is 2.35. The predicted molar refractivity (Wildman–Crippen MR) is 101 cm³/mol. The number of phenolic OH excluding ortho intramolecular Hbond substituents is 2. The fourth-order valence-corrected chi connectivity index (χ4v) is 3.71. The van der Waals surface area contributed by atoms with Crippen LogP contribution in [0.2, 0.25) is 10.0 Å². The molecule has 1 fully saturated rings. The zero-order valence-electron chi connectivity index (χ0n) is 15.9. The first-order chi connectivity index (χ1) is 13.2. The van der Waals surface area contributed by atoms with Gasteiger partial charge in [-0.1, -0.05) is 30.1 Å². The standard InChI is InChI=1S/C18H24Cl2O8/c1-5-8-9(12(21)11(20)13(22)10(8)19)17(24)28-15-7(3)27-18(26-6-2)16(25-4)14(15)23/h7,14-16,18,21-23H,5-6H2,1-4H3/t7?,14?,15-,16?,18?/m0/s1. The Labute approximate surface area is 172 Å². The van der Waals surface area contributed by atoms with Crippen LogP contribution in [0.25, 0.3) is 0 Å². The van der Waals surface area contributed by atoms with E-state index in [0.717, 1.165) is 0 Å². The molecule has 1 saturated heterocycles. The van der Waals surface area contributed by atoms with Crippen molar-refractivity contribution in [1.82, 2.24) is 0 Å². The SMILES string of the molecule is CCOC1OC(C)[C@H](OC(=O)c2c(O)c(Cl)c(O)c(Cl)c2CC)C(O)C1OC. The second-order valence-electron chi connectivity index (χ2n) is 6.26. The summed E-state index contributed by atoms with van der Waals surface area (Å²) in [5.74, 6) is -2.15. The molecule has 4 unspecified atom stereocenters. The van der Waals surface area contributed by atoms with Gasteiger partial charge < -0.3 is 34.3 Å². The lowest BCUT2D eigenvalue weighted by atomic mass is 9.98. The van der Waals surface area contributed by atoms with Gasteiger partial charge >= 0.3 is 5.97 Å². The lowest BCUT2D eigenvalue weighted by Gasteiger charge is -2.42. The molecule has 0 saturated carbocycles. The molecule has 1 aromatic carbocycles. The van der Waals surface area contributed by atoms with E-state index < -0.39 is 53.2 Å². The molecule has 1 heterocycles. The molecule has 8 nitrogen and oxygen atoms in total. The summed E-state index contributed by atoms with van der Waals surface area (Å²) in [7, 11) is 1.37. The van der Waals surface area contributed by atoms with Crippen molar-refractivity contribution in [1.29, 1.82) is 0 Å². The molecule has 0 amide bonds. The Bertz CT molecular complexity index is 726. The average molecular weight is 439 g/mol. The summed E-state index contributed by atoms with van der Waals surface area (Å²) in [5, 5.41) is 30.2. The van der Waals surface area contributed by atoms with E-state index in [9.17, 15) is 20.1 Å². The fraction of sp³-hybridized carbons (Fsp3) is 0.611. The van der Waals surface area contributed by atoms with Crippen LogP contribution in [-0.4, -0.2) is 65.7 Å². The molecule has 10 heteroatoms. The number of benzene rings is 1. The Morgan fingerprint density at radius 2 is 1.79 bits per heavy atom. The first-order valence-corrected chi connectivity index (χ1v) is 9.55. The third-order valence-corrected chi connectivity index (χ3v) is 5.35. The summed E-state index contributed by atoms with van der Waals surface area (Å²) in [6.45, 7) is 5.40. The number of aromatic hydroxyl groups is 2. The van der Waals surface area contributed by atoms with E-state index in [4.69, 9.17) is 42.1 Å². The van der Waals surface area contributed by atoms with Crippen molar-refractivity contribution in [2.24, 2.45) is 0 Å². The molecule has 158 valence electrons. The Morgan fingerprint density at radius 3 is 2.32 bits per heavy atom. The highest BCUT2D eigenvalue weighted by atomic mass is 35.5. The molecule has 1 aliphatic heterocycles. The Morgan fingerprint density at radius 1 is 1.14 bits per heavy atom. The number of carbonyl (C=O) groups excluding carboxylic acids is 1. The zero-order chi connectivity index (χ0) is 21.2. The number of halogens is 2. The third kappa shape index (κ3) is 4.17. The number of phenols is 2. The minimum Gasteiger partial charge on any atom is -0.505 e. The Hall–Kier alpha value is -1.29. The summed E-state index contributed by atoms with van der Waals surface area (Å²) in [6.07, 6.45) is -4.58. The topological polar surface area (TPSA) is 115 Å². The monoisotopic (exact) mass is 438 g/mol.